The van der Waals surface area contributed by atoms with Crippen LogP contribution in [0.15, 0.2) is 30.5 Å². The Kier molecular flexibility index (Phi) is 10.6. The second-order valence-corrected chi connectivity index (χ2v) is 9.84. The van der Waals surface area contributed by atoms with Gasteiger partial charge in [-0.15, -0.1) is 0 Å². The minimum absolute atomic E-state index is 0.154. The van der Waals surface area contributed by atoms with E-state index in [1.54, 1.807) is 0 Å². The molecule has 0 amide bonds. The van der Waals surface area contributed by atoms with Crippen molar-refractivity contribution in [3.8, 4) is 17.1 Å². The fourth-order valence-corrected chi connectivity index (χ4v) is 5.25. The third kappa shape index (κ3) is 7.52. The van der Waals surface area contributed by atoms with E-state index in [0.717, 1.165) is 18.4 Å². The van der Waals surface area contributed by atoms with Gasteiger partial charge in [-0.2, -0.15) is 9.37 Å². The third-order valence-corrected chi connectivity index (χ3v) is 7.29. The van der Waals surface area contributed by atoms with Gasteiger partial charge < -0.3 is 4.74 Å². The van der Waals surface area contributed by atoms with Gasteiger partial charge >= 0.3 is 0 Å². The summed E-state index contributed by atoms with van der Waals surface area (Å²) in [6, 6.07) is 8.60. The van der Waals surface area contributed by atoms with Crippen LogP contribution in [0, 0.1) is 5.95 Å². The zero-order valence-electron chi connectivity index (χ0n) is 20.9. The minimum Gasteiger partial charge on any atom is -0.487 e. The molecular formula is C29H43FN2O. The van der Waals surface area contributed by atoms with E-state index in [0.29, 0.717) is 17.8 Å². The Hall–Kier alpha value is -1.97. The van der Waals surface area contributed by atoms with E-state index in [9.17, 15) is 4.39 Å². The average Bonchev–Trinajstić information content (AvgIpc) is 2.85. The van der Waals surface area contributed by atoms with Gasteiger partial charge in [-0.25, -0.2) is 4.98 Å². The molecule has 1 aromatic carbocycles. The maximum Gasteiger partial charge on any atom is 0.258 e. The second-order valence-electron chi connectivity index (χ2n) is 9.84. The first-order valence-corrected chi connectivity index (χ1v) is 13.4. The molecule has 2 aromatic rings. The third-order valence-electron chi connectivity index (χ3n) is 7.29. The summed E-state index contributed by atoms with van der Waals surface area (Å²) >= 11 is 0. The van der Waals surface area contributed by atoms with Crippen LogP contribution >= 0.6 is 0 Å². The highest BCUT2D eigenvalue weighted by atomic mass is 19.1. The van der Waals surface area contributed by atoms with Gasteiger partial charge in [0.15, 0.2) is 11.6 Å². The molecule has 0 saturated heterocycles. The smallest absolute Gasteiger partial charge is 0.258 e. The van der Waals surface area contributed by atoms with E-state index in [1.807, 2.05) is 0 Å². The molecular weight excluding hydrogens is 411 g/mol. The lowest BCUT2D eigenvalue weighted by Gasteiger charge is -2.38. The highest BCUT2D eigenvalue weighted by Crippen LogP contribution is 2.43. The number of halogens is 1. The molecule has 0 bridgehead atoms. The second kappa shape index (κ2) is 13.7. The van der Waals surface area contributed by atoms with Crippen LogP contribution in [0.1, 0.15) is 116 Å². The Balaban J connectivity index is 1.60. The van der Waals surface area contributed by atoms with E-state index in [4.69, 9.17) is 4.74 Å². The fraction of sp³-hybridized carbons (Fsp3) is 0.655. The topological polar surface area (TPSA) is 35.0 Å². The van der Waals surface area contributed by atoms with Crippen molar-refractivity contribution in [2.75, 3.05) is 6.61 Å². The standard InChI is InChI=1S/C29H43FN2O/c1-3-5-7-8-9-14-22-33-26-23-31-28(32-27(26)30)24-15-17-25(18-16-24)29(19-11-6-4-2)20-12-10-13-21-29/h15-18,23H,3-14,19-22H2,1-2H3. The van der Waals surface area contributed by atoms with Crippen LogP contribution < -0.4 is 4.74 Å². The average molecular weight is 455 g/mol. The molecule has 3 nitrogen and oxygen atoms in total. The minimum atomic E-state index is -0.571. The Morgan fingerprint density at radius 1 is 0.848 bits per heavy atom. The lowest BCUT2D eigenvalue weighted by atomic mass is 9.66. The highest BCUT2D eigenvalue weighted by molar-refractivity contribution is 5.56. The van der Waals surface area contributed by atoms with Crippen molar-refractivity contribution < 1.29 is 9.13 Å². The summed E-state index contributed by atoms with van der Waals surface area (Å²) in [5.74, 6) is 0.00836. The monoisotopic (exact) mass is 454 g/mol. The zero-order valence-corrected chi connectivity index (χ0v) is 20.9. The number of hydrogen-bond acceptors (Lipinski definition) is 3. The first kappa shape index (κ1) is 25.6. The molecule has 0 aliphatic heterocycles. The Morgan fingerprint density at radius 2 is 1.52 bits per heavy atom. The normalized spacial score (nSPS) is 15.5. The predicted octanol–water partition coefficient (Wildman–Crippen LogP) is 8.80. The van der Waals surface area contributed by atoms with Crippen LogP contribution in [0.25, 0.3) is 11.4 Å². The molecule has 0 N–H and O–H groups in total. The Labute approximate surface area is 200 Å². The van der Waals surface area contributed by atoms with Crippen molar-refractivity contribution in [1.29, 1.82) is 0 Å². The van der Waals surface area contributed by atoms with Gasteiger partial charge in [0.25, 0.3) is 5.95 Å². The van der Waals surface area contributed by atoms with E-state index in [2.05, 4.69) is 48.1 Å². The zero-order chi connectivity index (χ0) is 23.4. The Bertz CT molecular complexity index is 815. The van der Waals surface area contributed by atoms with Crippen molar-refractivity contribution >= 4 is 0 Å². The lowest BCUT2D eigenvalue weighted by Crippen LogP contribution is -2.29. The summed E-state index contributed by atoms with van der Waals surface area (Å²) < 4.78 is 20.1. The van der Waals surface area contributed by atoms with Crippen molar-refractivity contribution in [2.45, 2.75) is 116 Å². The summed E-state index contributed by atoms with van der Waals surface area (Å²) in [6.07, 6.45) is 20.2. The van der Waals surface area contributed by atoms with Crippen molar-refractivity contribution in [3.63, 3.8) is 0 Å². The molecule has 1 aliphatic rings. The molecule has 33 heavy (non-hydrogen) atoms. The molecule has 1 heterocycles. The van der Waals surface area contributed by atoms with Gasteiger partial charge in [0.05, 0.1) is 12.8 Å². The van der Waals surface area contributed by atoms with E-state index in [-0.39, 0.29) is 5.75 Å². The highest BCUT2D eigenvalue weighted by Gasteiger charge is 2.33. The maximum atomic E-state index is 14.5. The van der Waals surface area contributed by atoms with Gasteiger partial charge in [0.2, 0.25) is 0 Å². The maximum absolute atomic E-state index is 14.5. The number of benzene rings is 1. The quantitative estimate of drug-likeness (QED) is 0.211. The molecule has 1 aromatic heterocycles. The van der Waals surface area contributed by atoms with Crippen LogP contribution in [-0.2, 0) is 5.41 Å². The van der Waals surface area contributed by atoms with Crippen molar-refractivity contribution in [3.05, 3.63) is 42.0 Å². The lowest BCUT2D eigenvalue weighted by molar-refractivity contribution is 0.266. The van der Waals surface area contributed by atoms with Crippen molar-refractivity contribution in [2.24, 2.45) is 0 Å². The molecule has 182 valence electrons. The first-order chi connectivity index (χ1) is 16.2. The van der Waals surface area contributed by atoms with Crippen LogP contribution in [0.2, 0.25) is 0 Å². The molecule has 0 unspecified atom stereocenters. The molecule has 1 aliphatic carbocycles. The summed E-state index contributed by atoms with van der Waals surface area (Å²) in [5.41, 5.74) is 2.60. The van der Waals surface area contributed by atoms with Gasteiger partial charge in [0.1, 0.15) is 0 Å². The largest absolute Gasteiger partial charge is 0.487 e. The molecule has 4 heteroatoms. The van der Waals surface area contributed by atoms with Crippen LogP contribution in [0.4, 0.5) is 4.39 Å². The van der Waals surface area contributed by atoms with Crippen LogP contribution in [0.5, 0.6) is 5.75 Å². The molecule has 0 atom stereocenters. The van der Waals surface area contributed by atoms with Crippen LogP contribution in [-0.4, -0.2) is 16.6 Å². The first-order valence-electron chi connectivity index (χ1n) is 13.4. The van der Waals surface area contributed by atoms with Gasteiger partial charge in [-0.1, -0.05) is 109 Å². The SMILES string of the molecule is CCCCCCCCOc1cnc(-c2ccc(C3(CCCCC)CCCCC3)cc2)nc1F. The number of hydrogen-bond donors (Lipinski definition) is 0. The van der Waals surface area contributed by atoms with E-state index >= 15 is 0 Å². The summed E-state index contributed by atoms with van der Waals surface area (Å²) in [7, 11) is 0. The number of aromatic nitrogens is 2. The predicted molar refractivity (Wildman–Crippen MR) is 135 cm³/mol. The molecule has 0 spiro atoms. The number of nitrogens with zero attached hydrogens (tertiary/aromatic N) is 2. The van der Waals surface area contributed by atoms with Crippen LogP contribution in [0.3, 0.4) is 0 Å². The number of ether oxygens (including phenoxy) is 1. The molecule has 1 saturated carbocycles. The molecule has 1 fully saturated rings. The summed E-state index contributed by atoms with van der Waals surface area (Å²) in [4.78, 5) is 8.49. The molecule has 0 radical (unpaired) electrons. The Morgan fingerprint density at radius 3 is 2.21 bits per heavy atom. The van der Waals surface area contributed by atoms with E-state index in [1.165, 1.54) is 95.2 Å². The van der Waals surface area contributed by atoms with Gasteiger partial charge in [-0.3, -0.25) is 0 Å². The van der Waals surface area contributed by atoms with Gasteiger partial charge in [0, 0.05) is 5.56 Å². The van der Waals surface area contributed by atoms with E-state index < -0.39 is 5.95 Å². The summed E-state index contributed by atoms with van der Waals surface area (Å²) in [6.45, 7) is 5.00. The van der Waals surface area contributed by atoms with Crippen molar-refractivity contribution in [1.82, 2.24) is 9.97 Å². The molecule has 3 rings (SSSR count). The number of rotatable bonds is 14. The summed E-state index contributed by atoms with van der Waals surface area (Å²) in [5, 5.41) is 0. The van der Waals surface area contributed by atoms with Gasteiger partial charge in [-0.05, 0) is 36.7 Å². The number of unbranched alkanes of at least 4 members (excludes halogenated alkanes) is 7. The fourth-order valence-electron chi connectivity index (χ4n) is 5.25.